The van der Waals surface area contributed by atoms with E-state index in [1.807, 2.05) is 0 Å². The number of halogens is 2. The molecule has 1 aromatic rings. The first kappa shape index (κ1) is 10.3. The molecule has 1 aromatic carbocycles. The summed E-state index contributed by atoms with van der Waals surface area (Å²) in [6.45, 7) is 0. The van der Waals surface area contributed by atoms with Gasteiger partial charge in [0.2, 0.25) is 0 Å². The average molecular weight is 221 g/mol. The van der Waals surface area contributed by atoms with Crippen LogP contribution in [0.2, 0.25) is 5.02 Å². The summed E-state index contributed by atoms with van der Waals surface area (Å²) in [4.78, 5) is 10.9. The van der Waals surface area contributed by atoms with Crippen molar-refractivity contribution in [3.05, 3.63) is 28.5 Å². The van der Waals surface area contributed by atoms with Gasteiger partial charge in [-0.1, -0.05) is 11.6 Å². The third kappa shape index (κ3) is 1.95. The molecule has 0 aliphatic heterocycles. The minimum Gasteiger partial charge on any atom is -0.478 e. The van der Waals surface area contributed by atoms with E-state index >= 15 is 0 Å². The lowest BCUT2D eigenvalue weighted by molar-refractivity contribution is 0.0696. The highest BCUT2D eigenvalue weighted by Gasteiger charge is 2.15. The Bertz CT molecular complexity index is 354. The van der Waals surface area contributed by atoms with Gasteiger partial charge >= 0.3 is 5.97 Å². The third-order valence-electron chi connectivity index (χ3n) is 1.50. The Morgan fingerprint density at radius 1 is 1.62 bits per heavy atom. The second-order valence-electron chi connectivity index (χ2n) is 2.25. The first-order chi connectivity index (χ1) is 6.07. The summed E-state index contributed by atoms with van der Waals surface area (Å²) in [5, 5.41) is 8.26. The monoisotopic (exact) mass is 220 g/mol. The van der Waals surface area contributed by atoms with Crippen LogP contribution >= 0.6 is 23.4 Å². The molecule has 0 bridgehead atoms. The van der Waals surface area contributed by atoms with Gasteiger partial charge in [-0.2, -0.15) is 0 Å². The van der Waals surface area contributed by atoms with E-state index in [0.717, 1.165) is 0 Å². The first-order valence-electron chi connectivity index (χ1n) is 3.33. The molecule has 13 heavy (non-hydrogen) atoms. The molecule has 0 aromatic heterocycles. The SMILES string of the molecule is CSc1ccc(C(=O)O)c(Cl)c1F. The zero-order valence-electron chi connectivity index (χ0n) is 6.67. The van der Waals surface area contributed by atoms with Crippen molar-refractivity contribution >= 4 is 29.3 Å². The van der Waals surface area contributed by atoms with Crippen molar-refractivity contribution in [3.63, 3.8) is 0 Å². The van der Waals surface area contributed by atoms with E-state index in [2.05, 4.69) is 0 Å². The molecule has 5 heteroatoms. The van der Waals surface area contributed by atoms with Gasteiger partial charge in [0.15, 0.2) is 5.82 Å². The molecule has 0 aliphatic carbocycles. The first-order valence-corrected chi connectivity index (χ1v) is 4.93. The molecule has 0 saturated carbocycles. The maximum Gasteiger partial charge on any atom is 0.337 e. The molecule has 1 N–H and O–H groups in total. The molecule has 2 nitrogen and oxygen atoms in total. The predicted octanol–water partition coefficient (Wildman–Crippen LogP) is 2.90. The van der Waals surface area contributed by atoms with E-state index in [0.29, 0.717) is 4.90 Å². The highest BCUT2D eigenvalue weighted by atomic mass is 35.5. The van der Waals surface area contributed by atoms with Crippen molar-refractivity contribution in [2.75, 3.05) is 6.26 Å². The molecule has 1 rings (SSSR count). The summed E-state index contributed by atoms with van der Waals surface area (Å²) in [6.07, 6.45) is 1.69. The Morgan fingerprint density at radius 3 is 2.69 bits per heavy atom. The molecule has 0 saturated heterocycles. The van der Waals surface area contributed by atoms with Crippen LogP contribution in [0, 0.1) is 5.82 Å². The van der Waals surface area contributed by atoms with Crippen LogP contribution in [0.25, 0.3) is 0 Å². The van der Waals surface area contributed by atoms with Crippen LogP contribution in [-0.4, -0.2) is 17.3 Å². The van der Waals surface area contributed by atoms with E-state index in [9.17, 15) is 9.18 Å². The fourth-order valence-corrected chi connectivity index (χ4v) is 1.64. The van der Waals surface area contributed by atoms with Crippen LogP contribution < -0.4 is 0 Å². The minimum atomic E-state index is -1.23. The van der Waals surface area contributed by atoms with E-state index in [4.69, 9.17) is 16.7 Å². The van der Waals surface area contributed by atoms with Crippen molar-refractivity contribution in [2.24, 2.45) is 0 Å². The molecular formula is C8H6ClFO2S. The van der Waals surface area contributed by atoms with Crippen LogP contribution in [0.1, 0.15) is 10.4 Å². The van der Waals surface area contributed by atoms with Crippen LogP contribution in [0.15, 0.2) is 17.0 Å². The number of carboxylic acids is 1. The number of aromatic carboxylic acids is 1. The van der Waals surface area contributed by atoms with Crippen molar-refractivity contribution in [2.45, 2.75) is 4.90 Å². The van der Waals surface area contributed by atoms with Crippen LogP contribution in [-0.2, 0) is 0 Å². The second-order valence-corrected chi connectivity index (χ2v) is 3.47. The van der Waals surface area contributed by atoms with Gasteiger partial charge in [0, 0.05) is 4.90 Å². The fraction of sp³-hybridized carbons (Fsp3) is 0.125. The van der Waals surface area contributed by atoms with Gasteiger partial charge in [0.1, 0.15) is 0 Å². The largest absolute Gasteiger partial charge is 0.478 e. The number of rotatable bonds is 2. The Balaban J connectivity index is 3.31. The number of carboxylic acid groups (broad SMARTS) is 1. The topological polar surface area (TPSA) is 37.3 Å². The van der Waals surface area contributed by atoms with Crippen molar-refractivity contribution in [1.29, 1.82) is 0 Å². The summed E-state index contributed by atoms with van der Waals surface area (Å²) in [6, 6.07) is 2.69. The number of thioether (sulfide) groups is 1. The van der Waals surface area contributed by atoms with E-state index < -0.39 is 11.8 Å². The van der Waals surface area contributed by atoms with Gasteiger partial charge in [-0.25, -0.2) is 9.18 Å². The zero-order chi connectivity index (χ0) is 10.0. The molecule has 0 heterocycles. The quantitative estimate of drug-likeness (QED) is 0.779. The van der Waals surface area contributed by atoms with Crippen LogP contribution in [0.3, 0.4) is 0 Å². The Hall–Kier alpha value is -0.740. The molecular weight excluding hydrogens is 215 g/mol. The van der Waals surface area contributed by atoms with E-state index in [1.54, 1.807) is 6.26 Å². The van der Waals surface area contributed by atoms with Gasteiger partial charge in [-0.05, 0) is 18.4 Å². The van der Waals surface area contributed by atoms with Gasteiger partial charge < -0.3 is 5.11 Å². The molecule has 0 aliphatic rings. The zero-order valence-corrected chi connectivity index (χ0v) is 8.25. The number of carbonyl (C=O) groups is 1. The summed E-state index contributed by atoms with van der Waals surface area (Å²) < 4.78 is 13.2. The summed E-state index contributed by atoms with van der Waals surface area (Å²) in [5.41, 5.74) is -0.211. The highest BCUT2D eigenvalue weighted by Crippen LogP contribution is 2.28. The van der Waals surface area contributed by atoms with Gasteiger partial charge in [0.25, 0.3) is 0 Å². The van der Waals surface area contributed by atoms with Gasteiger partial charge in [-0.3, -0.25) is 0 Å². The Morgan fingerprint density at radius 2 is 2.23 bits per heavy atom. The lowest BCUT2D eigenvalue weighted by atomic mass is 10.2. The second kappa shape index (κ2) is 3.98. The Kier molecular flexibility index (Phi) is 3.17. The Labute approximate surface area is 83.7 Å². The number of hydrogen-bond acceptors (Lipinski definition) is 2. The van der Waals surface area contributed by atoms with Gasteiger partial charge in [0.05, 0.1) is 10.6 Å². The number of hydrogen-bond donors (Lipinski definition) is 1. The molecule has 0 radical (unpaired) electrons. The van der Waals surface area contributed by atoms with Gasteiger partial charge in [-0.15, -0.1) is 11.8 Å². The number of benzene rings is 1. The summed E-state index contributed by atoms with van der Waals surface area (Å²) in [7, 11) is 0. The van der Waals surface area contributed by atoms with Crippen LogP contribution in [0.5, 0.6) is 0 Å². The normalized spacial score (nSPS) is 10.1. The third-order valence-corrected chi connectivity index (χ3v) is 2.62. The summed E-state index contributed by atoms with van der Waals surface area (Å²) >= 11 is 6.68. The van der Waals surface area contributed by atoms with Crippen molar-refractivity contribution < 1.29 is 14.3 Å². The minimum absolute atomic E-state index is 0.211. The van der Waals surface area contributed by atoms with Crippen molar-refractivity contribution in [3.8, 4) is 0 Å². The average Bonchev–Trinajstić information content (AvgIpc) is 2.09. The standard InChI is InChI=1S/C8H6ClFO2S/c1-13-5-3-2-4(8(11)12)6(9)7(5)10/h2-3H,1H3,(H,11,12). The molecule has 0 spiro atoms. The molecule has 0 atom stereocenters. The maximum atomic E-state index is 13.2. The predicted molar refractivity (Wildman–Crippen MR) is 50.2 cm³/mol. The fourth-order valence-electron chi connectivity index (χ4n) is 0.855. The molecule has 0 amide bonds. The lowest BCUT2D eigenvalue weighted by Crippen LogP contribution is -1.99. The molecule has 0 unspecified atom stereocenters. The van der Waals surface area contributed by atoms with E-state index in [-0.39, 0.29) is 10.6 Å². The smallest absolute Gasteiger partial charge is 0.337 e. The van der Waals surface area contributed by atoms with Crippen molar-refractivity contribution in [1.82, 2.24) is 0 Å². The molecule has 0 fully saturated rings. The maximum absolute atomic E-state index is 13.2. The summed E-state index contributed by atoms with van der Waals surface area (Å²) in [5.74, 6) is -1.90. The molecule has 70 valence electrons. The lowest BCUT2D eigenvalue weighted by Gasteiger charge is -2.03. The van der Waals surface area contributed by atoms with E-state index in [1.165, 1.54) is 23.9 Å². The van der Waals surface area contributed by atoms with Crippen LogP contribution in [0.4, 0.5) is 4.39 Å². The highest BCUT2D eigenvalue weighted by molar-refractivity contribution is 7.98.